The van der Waals surface area contributed by atoms with Crippen LogP contribution in [0.15, 0.2) is 112 Å². The van der Waals surface area contributed by atoms with Crippen LogP contribution in [0.1, 0.15) is 21.5 Å². The highest BCUT2D eigenvalue weighted by Crippen LogP contribution is 2.27. The van der Waals surface area contributed by atoms with E-state index >= 15 is 0 Å². The fourth-order valence-electron chi connectivity index (χ4n) is 4.15. The monoisotopic (exact) mass is 444 g/mol. The van der Waals surface area contributed by atoms with E-state index in [4.69, 9.17) is 9.41 Å². The Morgan fingerprint density at radius 3 is 2.59 bits per heavy atom. The molecule has 6 heteroatoms. The van der Waals surface area contributed by atoms with Crippen molar-refractivity contribution < 1.29 is 9.21 Å². The number of aliphatic imine (C=N–C) groups is 1. The van der Waals surface area contributed by atoms with Gasteiger partial charge in [-0.25, -0.2) is 5.43 Å². The number of benzene rings is 4. The number of carbonyl (C=O) groups excluding carboxylic acids is 1. The first-order chi connectivity index (χ1) is 16.8. The van der Waals surface area contributed by atoms with Crippen molar-refractivity contribution in [2.45, 2.75) is 6.54 Å². The summed E-state index contributed by atoms with van der Waals surface area (Å²) < 4.78 is 6.23. The Morgan fingerprint density at radius 2 is 1.68 bits per heavy atom. The summed E-state index contributed by atoms with van der Waals surface area (Å²) in [5.41, 5.74) is 6.87. The van der Waals surface area contributed by atoms with E-state index in [1.165, 1.54) is 0 Å². The van der Waals surface area contributed by atoms with Gasteiger partial charge in [-0.2, -0.15) is 0 Å². The van der Waals surface area contributed by atoms with Crippen LogP contribution in [0.3, 0.4) is 0 Å². The number of carbonyl (C=O) groups is 1. The lowest BCUT2D eigenvalue weighted by Crippen LogP contribution is -2.28. The molecule has 0 radical (unpaired) electrons. The molecule has 1 aliphatic rings. The van der Waals surface area contributed by atoms with Gasteiger partial charge in [-0.15, -0.1) is 5.10 Å². The molecule has 0 atom stereocenters. The van der Waals surface area contributed by atoms with Crippen molar-refractivity contribution in [2.24, 2.45) is 10.1 Å². The molecule has 0 unspecified atom stereocenters. The standard InChI is InChI=1S/C28H20N4O2/c33-27(19-9-2-1-3-10-19)31-32-28-23(26-29-17-20-11-5-7-13-24(20)30-26)16-22-21-12-6-4-8-18(21)14-15-25(22)34-28/h1-16H,17H2,(H,29,30)(H,31,33). The zero-order valence-electron chi connectivity index (χ0n) is 18.2. The second-order valence-electron chi connectivity index (χ2n) is 8.03. The van der Waals surface area contributed by atoms with E-state index < -0.39 is 0 Å². The Morgan fingerprint density at radius 1 is 0.882 bits per heavy atom. The molecule has 6 nitrogen and oxygen atoms in total. The van der Waals surface area contributed by atoms with Gasteiger partial charge in [0.2, 0.25) is 5.55 Å². The Labute approximate surface area is 195 Å². The molecule has 1 aliphatic heterocycles. The first-order valence-electron chi connectivity index (χ1n) is 11.0. The third kappa shape index (κ3) is 3.61. The normalized spacial score (nSPS) is 13.3. The van der Waals surface area contributed by atoms with Gasteiger partial charge in [0.25, 0.3) is 5.91 Å². The molecule has 0 fully saturated rings. The summed E-state index contributed by atoms with van der Waals surface area (Å²) >= 11 is 0. The van der Waals surface area contributed by atoms with E-state index in [0.29, 0.717) is 29.1 Å². The zero-order valence-corrected chi connectivity index (χ0v) is 18.2. The van der Waals surface area contributed by atoms with Gasteiger partial charge in [0.15, 0.2) is 0 Å². The van der Waals surface area contributed by atoms with Crippen LogP contribution in [0, 0.1) is 0 Å². The Balaban J connectivity index is 1.51. The maximum Gasteiger partial charge on any atom is 0.271 e. The van der Waals surface area contributed by atoms with Gasteiger partial charge in [-0.1, -0.05) is 66.7 Å². The van der Waals surface area contributed by atoms with Gasteiger partial charge in [-0.05, 0) is 46.7 Å². The van der Waals surface area contributed by atoms with Gasteiger partial charge in [-0.3, -0.25) is 9.79 Å². The second kappa shape index (κ2) is 8.33. The summed E-state index contributed by atoms with van der Waals surface area (Å²) in [5.74, 6) is 0.328. The smallest absolute Gasteiger partial charge is 0.271 e. The van der Waals surface area contributed by atoms with Crippen LogP contribution in [-0.4, -0.2) is 11.7 Å². The van der Waals surface area contributed by atoms with Gasteiger partial charge in [0.1, 0.15) is 11.4 Å². The van der Waals surface area contributed by atoms with E-state index in [1.807, 2.05) is 72.8 Å². The topological polar surface area (TPSA) is 79.0 Å². The molecule has 0 saturated carbocycles. The molecule has 4 aromatic carbocycles. The highest BCUT2D eigenvalue weighted by Gasteiger charge is 2.17. The van der Waals surface area contributed by atoms with E-state index in [1.54, 1.807) is 12.1 Å². The first-order valence-corrected chi connectivity index (χ1v) is 11.0. The third-order valence-corrected chi connectivity index (χ3v) is 5.88. The second-order valence-corrected chi connectivity index (χ2v) is 8.03. The van der Waals surface area contributed by atoms with Crippen molar-refractivity contribution in [2.75, 3.05) is 5.32 Å². The molecule has 2 heterocycles. The van der Waals surface area contributed by atoms with Gasteiger partial charge >= 0.3 is 0 Å². The van der Waals surface area contributed by atoms with Crippen LogP contribution in [0.5, 0.6) is 0 Å². The van der Waals surface area contributed by atoms with E-state index in [9.17, 15) is 4.79 Å². The van der Waals surface area contributed by atoms with Crippen LogP contribution in [0.25, 0.3) is 21.7 Å². The molecule has 5 aromatic rings. The highest BCUT2D eigenvalue weighted by molar-refractivity contribution is 6.13. The van der Waals surface area contributed by atoms with Crippen molar-refractivity contribution in [3.63, 3.8) is 0 Å². The SMILES string of the molecule is O=C(NN=c1oc2ccc3ccccc3c2cc1C1=NCc2ccccc2N1)c1ccccc1. The molecule has 6 rings (SSSR count). The molecule has 0 aliphatic carbocycles. The largest absolute Gasteiger partial charge is 0.436 e. The lowest BCUT2D eigenvalue weighted by molar-refractivity contribution is 0.0951. The summed E-state index contributed by atoms with van der Waals surface area (Å²) in [6.45, 7) is 0.544. The maximum absolute atomic E-state index is 12.6. The average molecular weight is 444 g/mol. The van der Waals surface area contributed by atoms with Crippen LogP contribution >= 0.6 is 0 Å². The number of fused-ring (bicyclic) bond motifs is 4. The van der Waals surface area contributed by atoms with Gasteiger partial charge < -0.3 is 9.73 Å². The van der Waals surface area contributed by atoms with Crippen molar-refractivity contribution in [1.82, 2.24) is 5.43 Å². The number of nitrogens with zero attached hydrogens (tertiary/aromatic N) is 2. The molecule has 34 heavy (non-hydrogen) atoms. The van der Waals surface area contributed by atoms with Crippen LogP contribution < -0.4 is 16.3 Å². The Kier molecular flexibility index (Phi) is 4.88. The van der Waals surface area contributed by atoms with Crippen LogP contribution in [0.2, 0.25) is 0 Å². The van der Waals surface area contributed by atoms with Crippen molar-refractivity contribution in [1.29, 1.82) is 0 Å². The molecule has 164 valence electrons. The van der Waals surface area contributed by atoms with Crippen LogP contribution in [-0.2, 0) is 6.54 Å². The number of nitrogens with one attached hydrogen (secondary N) is 2. The number of rotatable bonds is 3. The van der Waals surface area contributed by atoms with E-state index in [0.717, 1.165) is 27.4 Å². The number of hydrogen-bond acceptors (Lipinski definition) is 5. The Hall–Kier alpha value is -4.71. The predicted molar refractivity (Wildman–Crippen MR) is 133 cm³/mol. The summed E-state index contributed by atoms with van der Waals surface area (Å²) in [4.78, 5) is 17.4. The first kappa shape index (κ1) is 19.9. The third-order valence-electron chi connectivity index (χ3n) is 5.88. The van der Waals surface area contributed by atoms with E-state index in [-0.39, 0.29) is 11.5 Å². The van der Waals surface area contributed by atoms with Crippen LogP contribution in [0.4, 0.5) is 5.69 Å². The number of para-hydroxylation sites is 1. The predicted octanol–water partition coefficient (Wildman–Crippen LogP) is 5.20. The number of amides is 1. The molecule has 0 spiro atoms. The minimum atomic E-state index is -0.316. The van der Waals surface area contributed by atoms with E-state index in [2.05, 4.69) is 28.0 Å². The number of hydrogen-bond donors (Lipinski definition) is 2. The minimum Gasteiger partial charge on any atom is -0.436 e. The van der Waals surface area contributed by atoms with Gasteiger partial charge in [0.05, 0.1) is 12.1 Å². The average Bonchev–Trinajstić information content (AvgIpc) is 2.91. The number of anilines is 1. The van der Waals surface area contributed by atoms with Crippen molar-refractivity contribution in [3.05, 3.63) is 119 Å². The quantitative estimate of drug-likeness (QED) is 0.296. The summed E-state index contributed by atoms with van der Waals surface area (Å²) in [6, 6.07) is 31.1. The van der Waals surface area contributed by atoms with Crippen molar-refractivity contribution >= 4 is 39.2 Å². The molecule has 1 aromatic heterocycles. The fourth-order valence-corrected chi connectivity index (χ4v) is 4.15. The summed E-state index contributed by atoms with van der Waals surface area (Å²) in [6.07, 6.45) is 0. The lowest BCUT2D eigenvalue weighted by atomic mass is 10.0. The lowest BCUT2D eigenvalue weighted by Gasteiger charge is -2.18. The number of amidine groups is 1. The molecule has 2 N–H and O–H groups in total. The molecular weight excluding hydrogens is 424 g/mol. The zero-order chi connectivity index (χ0) is 22.9. The molecular formula is C28H20N4O2. The minimum absolute atomic E-state index is 0.276. The highest BCUT2D eigenvalue weighted by atomic mass is 16.3. The fraction of sp³-hybridized carbons (Fsp3) is 0.0357. The molecule has 0 bridgehead atoms. The maximum atomic E-state index is 12.6. The Bertz CT molecular complexity index is 1650. The summed E-state index contributed by atoms with van der Waals surface area (Å²) in [7, 11) is 0. The summed E-state index contributed by atoms with van der Waals surface area (Å²) in [5, 5.41) is 10.9. The molecule has 1 amide bonds. The molecule has 0 saturated heterocycles. The van der Waals surface area contributed by atoms with Gasteiger partial charge in [0, 0.05) is 16.6 Å². The van der Waals surface area contributed by atoms with Crippen molar-refractivity contribution in [3.8, 4) is 0 Å².